The Kier molecular flexibility index (Phi) is 3.10. The number of nitrogens with one attached hydrogen (secondary N) is 1. The van der Waals surface area contributed by atoms with Crippen molar-refractivity contribution in [2.75, 3.05) is 18.8 Å². The van der Waals surface area contributed by atoms with Crippen LogP contribution >= 0.6 is 0 Å². The van der Waals surface area contributed by atoms with E-state index in [9.17, 15) is 4.79 Å². The molecule has 6 nitrogen and oxygen atoms in total. The van der Waals surface area contributed by atoms with E-state index in [-0.39, 0.29) is 5.91 Å². The first-order chi connectivity index (χ1) is 10.7. The van der Waals surface area contributed by atoms with E-state index in [1.807, 2.05) is 4.90 Å². The van der Waals surface area contributed by atoms with Crippen molar-refractivity contribution < 1.29 is 4.79 Å². The second kappa shape index (κ2) is 5.12. The topological polar surface area (TPSA) is 87.9 Å². The number of rotatable bonds is 2. The predicted octanol–water partition coefficient (Wildman–Crippen LogP) is 1.51. The summed E-state index contributed by atoms with van der Waals surface area (Å²) in [5, 5.41) is 7.66. The lowest BCUT2D eigenvalue weighted by Crippen LogP contribution is -2.34. The Morgan fingerprint density at radius 3 is 2.86 bits per heavy atom. The number of nitrogens with two attached hydrogens (primary N) is 1. The first kappa shape index (κ1) is 13.3. The first-order valence-corrected chi connectivity index (χ1v) is 7.80. The van der Waals surface area contributed by atoms with Gasteiger partial charge in [-0.05, 0) is 37.0 Å². The molecule has 2 aromatic rings. The summed E-state index contributed by atoms with van der Waals surface area (Å²) < 4.78 is 0. The summed E-state index contributed by atoms with van der Waals surface area (Å²) in [5.74, 6) is 0.974. The average Bonchev–Trinajstić information content (AvgIpc) is 3.32. The molecular formula is C16H19N5O. The highest BCUT2D eigenvalue weighted by molar-refractivity contribution is 5.92. The standard InChI is InChI=1S/C16H19N5O/c17-14-3-1-2-13(18-14)16(22)21-8-6-11-12(7-9-21)19-20-15(11)10-4-5-10/h1-3,10H,4-9H2,(H2,17,18)(H,19,20). The van der Waals surface area contributed by atoms with Crippen molar-refractivity contribution in [1.82, 2.24) is 20.1 Å². The monoisotopic (exact) mass is 297 g/mol. The zero-order chi connectivity index (χ0) is 15.1. The SMILES string of the molecule is Nc1cccc(C(=O)N2CCc3[nH]nc(C4CC4)c3CC2)n1. The molecule has 114 valence electrons. The van der Waals surface area contributed by atoms with E-state index < -0.39 is 0 Å². The number of H-pyrrole nitrogens is 1. The molecule has 4 rings (SSSR count). The molecule has 0 aromatic carbocycles. The molecule has 1 aliphatic carbocycles. The molecule has 0 saturated heterocycles. The maximum atomic E-state index is 12.6. The zero-order valence-electron chi connectivity index (χ0n) is 12.4. The molecule has 6 heteroatoms. The lowest BCUT2D eigenvalue weighted by atomic mass is 10.1. The molecule has 0 spiro atoms. The fourth-order valence-corrected chi connectivity index (χ4v) is 3.14. The molecule has 22 heavy (non-hydrogen) atoms. The maximum Gasteiger partial charge on any atom is 0.272 e. The number of pyridine rings is 1. The van der Waals surface area contributed by atoms with Crippen molar-refractivity contribution in [2.24, 2.45) is 0 Å². The van der Waals surface area contributed by atoms with Gasteiger partial charge < -0.3 is 10.6 Å². The van der Waals surface area contributed by atoms with Crippen LogP contribution in [-0.2, 0) is 12.8 Å². The van der Waals surface area contributed by atoms with Crippen molar-refractivity contribution in [2.45, 2.75) is 31.6 Å². The summed E-state index contributed by atoms with van der Waals surface area (Å²) in [6.07, 6.45) is 4.18. The van der Waals surface area contributed by atoms with E-state index in [2.05, 4.69) is 15.2 Å². The van der Waals surface area contributed by atoms with Crippen LogP contribution in [0.5, 0.6) is 0 Å². The van der Waals surface area contributed by atoms with Gasteiger partial charge in [-0.25, -0.2) is 4.98 Å². The summed E-state index contributed by atoms with van der Waals surface area (Å²) in [5.41, 5.74) is 9.85. The van der Waals surface area contributed by atoms with Gasteiger partial charge in [0.2, 0.25) is 0 Å². The highest BCUT2D eigenvalue weighted by Gasteiger charge is 2.31. The summed E-state index contributed by atoms with van der Waals surface area (Å²) in [4.78, 5) is 18.6. The number of nitrogen functional groups attached to an aromatic ring is 1. The Morgan fingerprint density at radius 2 is 2.09 bits per heavy atom. The van der Waals surface area contributed by atoms with Crippen LogP contribution in [0.2, 0.25) is 0 Å². The Bertz CT molecular complexity index is 719. The summed E-state index contributed by atoms with van der Waals surface area (Å²) in [7, 11) is 0. The molecular weight excluding hydrogens is 278 g/mol. The molecule has 3 N–H and O–H groups in total. The maximum absolute atomic E-state index is 12.6. The Balaban J connectivity index is 1.53. The number of aromatic amines is 1. The first-order valence-electron chi connectivity index (χ1n) is 7.80. The minimum atomic E-state index is -0.0432. The highest BCUT2D eigenvalue weighted by atomic mass is 16.2. The summed E-state index contributed by atoms with van der Waals surface area (Å²) >= 11 is 0. The average molecular weight is 297 g/mol. The predicted molar refractivity (Wildman–Crippen MR) is 82.5 cm³/mol. The third-order valence-electron chi connectivity index (χ3n) is 4.49. The molecule has 2 aliphatic rings. The van der Waals surface area contributed by atoms with E-state index in [0.717, 1.165) is 12.8 Å². The molecule has 0 radical (unpaired) electrons. The molecule has 1 fully saturated rings. The number of hydrogen-bond acceptors (Lipinski definition) is 4. The molecule has 1 aliphatic heterocycles. The Labute approximate surface area is 128 Å². The molecule has 1 saturated carbocycles. The van der Waals surface area contributed by atoms with Crippen molar-refractivity contribution >= 4 is 11.7 Å². The summed E-state index contributed by atoms with van der Waals surface area (Å²) in [6, 6.07) is 5.18. The van der Waals surface area contributed by atoms with Gasteiger partial charge in [0.25, 0.3) is 5.91 Å². The number of hydrogen-bond donors (Lipinski definition) is 2. The smallest absolute Gasteiger partial charge is 0.272 e. The van der Waals surface area contributed by atoms with Crippen LogP contribution in [-0.4, -0.2) is 39.1 Å². The van der Waals surface area contributed by atoms with Gasteiger partial charge in [-0.3, -0.25) is 9.89 Å². The van der Waals surface area contributed by atoms with Gasteiger partial charge in [-0.2, -0.15) is 5.10 Å². The number of aromatic nitrogens is 3. The normalized spacial score (nSPS) is 17.9. The number of fused-ring (bicyclic) bond motifs is 1. The molecule has 0 bridgehead atoms. The lowest BCUT2D eigenvalue weighted by molar-refractivity contribution is 0.0757. The van der Waals surface area contributed by atoms with Gasteiger partial charge in [0.05, 0.1) is 5.69 Å². The lowest BCUT2D eigenvalue weighted by Gasteiger charge is -2.19. The van der Waals surface area contributed by atoms with Crippen LogP contribution < -0.4 is 5.73 Å². The van der Waals surface area contributed by atoms with Gasteiger partial charge in [0.1, 0.15) is 11.5 Å². The van der Waals surface area contributed by atoms with Gasteiger partial charge in [0, 0.05) is 31.1 Å². The van der Waals surface area contributed by atoms with E-state index in [1.54, 1.807) is 18.2 Å². The minimum Gasteiger partial charge on any atom is -0.384 e. The summed E-state index contributed by atoms with van der Waals surface area (Å²) in [6.45, 7) is 1.40. The second-order valence-corrected chi connectivity index (χ2v) is 6.08. The Morgan fingerprint density at radius 1 is 1.27 bits per heavy atom. The molecule has 0 unspecified atom stereocenters. The van der Waals surface area contributed by atoms with Crippen LogP contribution in [0.1, 0.15) is 46.2 Å². The second-order valence-electron chi connectivity index (χ2n) is 6.08. The van der Waals surface area contributed by atoms with Crippen LogP contribution in [0.25, 0.3) is 0 Å². The fourth-order valence-electron chi connectivity index (χ4n) is 3.14. The number of nitrogens with zero attached hydrogens (tertiary/aromatic N) is 3. The van der Waals surface area contributed by atoms with Crippen LogP contribution in [0.4, 0.5) is 5.82 Å². The van der Waals surface area contributed by atoms with Crippen molar-refractivity contribution in [3.63, 3.8) is 0 Å². The Hall–Kier alpha value is -2.37. The molecule has 1 amide bonds. The highest BCUT2D eigenvalue weighted by Crippen LogP contribution is 2.41. The molecule has 0 atom stereocenters. The van der Waals surface area contributed by atoms with Crippen molar-refractivity contribution in [3.05, 3.63) is 40.8 Å². The van der Waals surface area contributed by atoms with Gasteiger partial charge >= 0.3 is 0 Å². The van der Waals surface area contributed by atoms with Crippen molar-refractivity contribution in [3.8, 4) is 0 Å². The molecule has 2 aromatic heterocycles. The number of carbonyl (C=O) groups excluding carboxylic acids is 1. The fraction of sp³-hybridized carbons (Fsp3) is 0.438. The van der Waals surface area contributed by atoms with Crippen LogP contribution in [0.3, 0.4) is 0 Å². The van der Waals surface area contributed by atoms with E-state index in [0.29, 0.717) is 30.5 Å². The van der Waals surface area contributed by atoms with E-state index >= 15 is 0 Å². The largest absolute Gasteiger partial charge is 0.384 e. The van der Waals surface area contributed by atoms with E-state index in [1.165, 1.54) is 29.8 Å². The van der Waals surface area contributed by atoms with Crippen molar-refractivity contribution in [1.29, 1.82) is 0 Å². The number of amides is 1. The quantitative estimate of drug-likeness (QED) is 0.879. The zero-order valence-corrected chi connectivity index (χ0v) is 12.4. The van der Waals surface area contributed by atoms with E-state index in [4.69, 9.17) is 5.73 Å². The van der Waals surface area contributed by atoms with Crippen LogP contribution in [0, 0.1) is 0 Å². The van der Waals surface area contributed by atoms with Crippen LogP contribution in [0.15, 0.2) is 18.2 Å². The number of anilines is 1. The third-order valence-corrected chi connectivity index (χ3v) is 4.49. The minimum absolute atomic E-state index is 0.0432. The number of carbonyl (C=O) groups is 1. The van der Waals surface area contributed by atoms with Gasteiger partial charge in [0.15, 0.2) is 0 Å². The third kappa shape index (κ3) is 2.34. The van der Waals surface area contributed by atoms with Gasteiger partial charge in [-0.1, -0.05) is 6.07 Å². The van der Waals surface area contributed by atoms with Gasteiger partial charge in [-0.15, -0.1) is 0 Å². The molecule has 3 heterocycles.